The Morgan fingerprint density at radius 2 is 2.14 bits per heavy atom. The molecule has 6 heteroatoms. The summed E-state index contributed by atoms with van der Waals surface area (Å²) in [7, 11) is 0. The van der Waals surface area contributed by atoms with E-state index in [1.54, 1.807) is 0 Å². The van der Waals surface area contributed by atoms with Gasteiger partial charge in [-0.15, -0.1) is 10.2 Å². The van der Waals surface area contributed by atoms with Crippen molar-refractivity contribution >= 4 is 5.91 Å². The Labute approximate surface area is 125 Å². The summed E-state index contributed by atoms with van der Waals surface area (Å²) in [6.45, 7) is 4.12. The van der Waals surface area contributed by atoms with Crippen LogP contribution in [0.25, 0.3) is 0 Å². The molecule has 2 rings (SSSR count). The summed E-state index contributed by atoms with van der Waals surface area (Å²) in [4.78, 5) is 12.0. The van der Waals surface area contributed by atoms with Crippen LogP contribution in [0.3, 0.4) is 0 Å². The van der Waals surface area contributed by atoms with E-state index >= 15 is 0 Å². The Bertz CT molecular complexity index is 459. The third-order valence-electron chi connectivity index (χ3n) is 4.03. The third kappa shape index (κ3) is 4.52. The zero-order valence-electron chi connectivity index (χ0n) is 12.8. The molecular formula is C15H25N3O3. The number of aliphatic hydroxyl groups excluding tert-OH is 1. The number of carbonyl (C=O) groups excluding carboxylic acids is 1. The van der Waals surface area contributed by atoms with Crippen molar-refractivity contribution in [3.8, 4) is 0 Å². The topological polar surface area (TPSA) is 88.2 Å². The van der Waals surface area contributed by atoms with Crippen molar-refractivity contribution < 1.29 is 14.3 Å². The van der Waals surface area contributed by atoms with Gasteiger partial charge in [0.2, 0.25) is 17.7 Å². The smallest absolute Gasteiger partial charge is 0.220 e. The van der Waals surface area contributed by atoms with Gasteiger partial charge in [0.05, 0.1) is 0 Å². The number of amides is 1. The molecule has 0 bridgehead atoms. The third-order valence-corrected chi connectivity index (χ3v) is 4.03. The molecule has 1 amide bonds. The molecule has 2 N–H and O–H groups in total. The fourth-order valence-electron chi connectivity index (χ4n) is 2.72. The molecule has 2 unspecified atom stereocenters. The fraction of sp³-hybridized carbons (Fsp3) is 0.800. The highest BCUT2D eigenvalue weighted by Crippen LogP contribution is 2.24. The summed E-state index contributed by atoms with van der Waals surface area (Å²) in [5, 5.41) is 20.3. The predicted octanol–water partition coefficient (Wildman–Crippen LogP) is 1.79. The zero-order chi connectivity index (χ0) is 15.2. The number of nitrogens with zero attached hydrogens (tertiary/aromatic N) is 2. The van der Waals surface area contributed by atoms with Gasteiger partial charge in [-0.3, -0.25) is 4.79 Å². The molecule has 6 nitrogen and oxygen atoms in total. The molecule has 1 fully saturated rings. The van der Waals surface area contributed by atoms with Crippen molar-refractivity contribution in [1.82, 2.24) is 15.5 Å². The largest absolute Gasteiger partial charge is 0.425 e. The predicted molar refractivity (Wildman–Crippen MR) is 77.7 cm³/mol. The van der Waals surface area contributed by atoms with Crippen LogP contribution in [0.15, 0.2) is 4.42 Å². The average molecular weight is 295 g/mol. The van der Waals surface area contributed by atoms with Crippen molar-refractivity contribution in [2.75, 3.05) is 6.61 Å². The summed E-state index contributed by atoms with van der Waals surface area (Å²) in [6, 6.07) is 0.102. The first-order valence-corrected chi connectivity index (χ1v) is 7.82. The number of aliphatic hydroxyl groups is 1. The highest BCUT2D eigenvalue weighted by atomic mass is 16.4. The highest BCUT2D eigenvalue weighted by molar-refractivity contribution is 5.76. The number of hydrogen-bond acceptors (Lipinski definition) is 5. The lowest BCUT2D eigenvalue weighted by atomic mass is 9.85. The van der Waals surface area contributed by atoms with E-state index in [4.69, 9.17) is 4.42 Å². The van der Waals surface area contributed by atoms with Crippen LogP contribution in [0.4, 0.5) is 0 Å². The Morgan fingerprint density at radius 3 is 2.81 bits per heavy atom. The molecule has 0 radical (unpaired) electrons. The minimum absolute atomic E-state index is 0.00959. The van der Waals surface area contributed by atoms with Crippen molar-refractivity contribution in [2.45, 2.75) is 64.3 Å². The van der Waals surface area contributed by atoms with Gasteiger partial charge in [0.25, 0.3) is 0 Å². The summed E-state index contributed by atoms with van der Waals surface area (Å²) in [5.74, 6) is 1.50. The fourth-order valence-corrected chi connectivity index (χ4v) is 2.72. The van der Waals surface area contributed by atoms with E-state index in [1.807, 2.05) is 13.8 Å². The molecule has 1 heterocycles. The van der Waals surface area contributed by atoms with E-state index in [0.29, 0.717) is 24.6 Å². The number of hydrogen-bond donors (Lipinski definition) is 2. The van der Waals surface area contributed by atoms with E-state index in [2.05, 4.69) is 15.5 Å². The average Bonchev–Trinajstić information content (AvgIpc) is 2.95. The van der Waals surface area contributed by atoms with E-state index in [-0.39, 0.29) is 30.4 Å². The second-order valence-corrected chi connectivity index (χ2v) is 6.09. The molecule has 2 atom stereocenters. The standard InChI is InChI=1S/C15H25N3O3/c1-10(2)15-18-17-14(21-15)8-7-13(20)16-12-6-4-3-5-11(12)9-19/h10-12,19H,3-9H2,1-2H3,(H,16,20). The molecule has 1 saturated carbocycles. The van der Waals surface area contributed by atoms with Gasteiger partial charge in [0.1, 0.15) is 0 Å². The van der Waals surface area contributed by atoms with Crippen LogP contribution in [-0.2, 0) is 11.2 Å². The summed E-state index contributed by atoms with van der Waals surface area (Å²) in [5.41, 5.74) is 0. The maximum atomic E-state index is 12.0. The highest BCUT2D eigenvalue weighted by Gasteiger charge is 2.25. The van der Waals surface area contributed by atoms with E-state index < -0.39 is 0 Å². The molecule has 1 aromatic heterocycles. The van der Waals surface area contributed by atoms with Gasteiger partial charge in [0.15, 0.2) is 0 Å². The number of aromatic nitrogens is 2. The van der Waals surface area contributed by atoms with Crippen LogP contribution in [0, 0.1) is 5.92 Å². The van der Waals surface area contributed by atoms with Gasteiger partial charge >= 0.3 is 0 Å². The maximum absolute atomic E-state index is 12.0. The monoisotopic (exact) mass is 295 g/mol. The van der Waals surface area contributed by atoms with Crippen molar-refractivity contribution in [2.24, 2.45) is 5.92 Å². The lowest BCUT2D eigenvalue weighted by Crippen LogP contribution is -2.43. The first kappa shape index (κ1) is 15.9. The molecule has 1 aliphatic rings. The van der Waals surface area contributed by atoms with Crippen LogP contribution < -0.4 is 5.32 Å². The van der Waals surface area contributed by atoms with Crippen LogP contribution in [0.1, 0.15) is 63.7 Å². The normalized spacial score (nSPS) is 22.5. The number of carbonyl (C=O) groups is 1. The van der Waals surface area contributed by atoms with Gasteiger partial charge in [-0.2, -0.15) is 0 Å². The lowest BCUT2D eigenvalue weighted by molar-refractivity contribution is -0.122. The molecule has 0 saturated heterocycles. The van der Waals surface area contributed by atoms with Crippen molar-refractivity contribution in [3.63, 3.8) is 0 Å². The summed E-state index contributed by atoms with van der Waals surface area (Å²) in [6.07, 6.45) is 4.99. The number of rotatable bonds is 6. The molecule has 118 valence electrons. The number of aryl methyl sites for hydroxylation is 1. The number of nitrogens with one attached hydrogen (secondary N) is 1. The van der Waals surface area contributed by atoms with E-state index in [9.17, 15) is 9.90 Å². The quantitative estimate of drug-likeness (QED) is 0.835. The SMILES string of the molecule is CC(C)c1nnc(CCC(=O)NC2CCCCC2CO)o1. The molecule has 1 aromatic rings. The maximum Gasteiger partial charge on any atom is 0.220 e. The zero-order valence-corrected chi connectivity index (χ0v) is 12.8. The summed E-state index contributed by atoms with van der Waals surface area (Å²) >= 11 is 0. The van der Waals surface area contributed by atoms with Gasteiger partial charge in [-0.25, -0.2) is 0 Å². The Morgan fingerprint density at radius 1 is 1.38 bits per heavy atom. The lowest BCUT2D eigenvalue weighted by Gasteiger charge is -2.30. The molecular weight excluding hydrogens is 270 g/mol. The second-order valence-electron chi connectivity index (χ2n) is 6.09. The summed E-state index contributed by atoms with van der Waals surface area (Å²) < 4.78 is 5.49. The molecule has 21 heavy (non-hydrogen) atoms. The molecule has 1 aliphatic carbocycles. The van der Waals surface area contributed by atoms with Gasteiger partial charge in [0, 0.05) is 37.3 Å². The van der Waals surface area contributed by atoms with Gasteiger partial charge < -0.3 is 14.8 Å². The van der Waals surface area contributed by atoms with Crippen LogP contribution in [0.5, 0.6) is 0 Å². The molecule has 0 spiro atoms. The second kappa shape index (κ2) is 7.54. The van der Waals surface area contributed by atoms with Crippen LogP contribution in [0.2, 0.25) is 0 Å². The Balaban J connectivity index is 1.78. The van der Waals surface area contributed by atoms with E-state index in [0.717, 1.165) is 25.7 Å². The van der Waals surface area contributed by atoms with Crippen molar-refractivity contribution in [3.05, 3.63) is 11.8 Å². The molecule has 0 aliphatic heterocycles. The van der Waals surface area contributed by atoms with Crippen LogP contribution in [-0.4, -0.2) is 33.9 Å². The van der Waals surface area contributed by atoms with E-state index in [1.165, 1.54) is 0 Å². The van der Waals surface area contributed by atoms with Crippen molar-refractivity contribution in [1.29, 1.82) is 0 Å². The van der Waals surface area contributed by atoms with Gasteiger partial charge in [-0.1, -0.05) is 26.7 Å². The minimum Gasteiger partial charge on any atom is -0.425 e. The Kier molecular flexibility index (Phi) is 5.73. The Hall–Kier alpha value is -1.43. The van der Waals surface area contributed by atoms with Gasteiger partial charge in [-0.05, 0) is 12.8 Å². The van der Waals surface area contributed by atoms with Crippen LogP contribution >= 0.6 is 0 Å². The molecule has 0 aromatic carbocycles. The first-order valence-electron chi connectivity index (χ1n) is 7.82. The minimum atomic E-state index is -0.00959. The first-order chi connectivity index (χ1) is 10.1.